The number of nitrogens with zero attached hydrogens (tertiary/aromatic N) is 3. The zero-order chi connectivity index (χ0) is 29.4. The van der Waals surface area contributed by atoms with E-state index >= 15 is 0 Å². The van der Waals surface area contributed by atoms with E-state index in [9.17, 15) is 9.59 Å². The quantitative estimate of drug-likeness (QED) is 0.275. The van der Waals surface area contributed by atoms with Crippen molar-refractivity contribution in [3.8, 4) is 28.7 Å². The first kappa shape index (κ1) is 27.3. The van der Waals surface area contributed by atoms with E-state index in [1.165, 1.54) is 7.11 Å². The van der Waals surface area contributed by atoms with Gasteiger partial charge in [0.1, 0.15) is 35.6 Å². The average molecular weight is 568 g/mol. The van der Waals surface area contributed by atoms with Gasteiger partial charge < -0.3 is 28.4 Å². The van der Waals surface area contributed by atoms with Gasteiger partial charge in [-0.3, -0.25) is 14.5 Å². The van der Waals surface area contributed by atoms with E-state index in [4.69, 9.17) is 18.9 Å². The van der Waals surface area contributed by atoms with Crippen molar-refractivity contribution in [2.75, 3.05) is 39.9 Å². The molecule has 9 heteroatoms. The van der Waals surface area contributed by atoms with Gasteiger partial charge in [0.25, 0.3) is 5.91 Å². The molecule has 42 heavy (non-hydrogen) atoms. The van der Waals surface area contributed by atoms with Crippen LogP contribution in [0.3, 0.4) is 0 Å². The largest absolute Gasteiger partial charge is 0.497 e. The van der Waals surface area contributed by atoms with Crippen molar-refractivity contribution in [3.05, 3.63) is 95.8 Å². The fourth-order valence-corrected chi connectivity index (χ4v) is 5.71. The van der Waals surface area contributed by atoms with Crippen molar-refractivity contribution in [2.45, 2.75) is 24.9 Å². The number of methoxy groups -OCH3 is 4. The summed E-state index contributed by atoms with van der Waals surface area (Å²) in [6.45, 7) is -0.101. The molecular formula is C33H33N3O6. The van der Waals surface area contributed by atoms with E-state index in [0.29, 0.717) is 28.6 Å². The lowest BCUT2D eigenvalue weighted by atomic mass is 9.96. The summed E-state index contributed by atoms with van der Waals surface area (Å²) in [4.78, 5) is 32.0. The van der Waals surface area contributed by atoms with Crippen LogP contribution in [0.15, 0.2) is 79.0 Å². The molecule has 4 aromatic rings. The molecule has 1 saturated carbocycles. The van der Waals surface area contributed by atoms with Crippen LogP contribution < -0.4 is 23.8 Å². The molecule has 0 N–H and O–H groups in total. The Bertz CT molecular complexity index is 1640. The molecule has 1 aliphatic heterocycles. The Kier molecular flexibility index (Phi) is 7.24. The van der Waals surface area contributed by atoms with Crippen LogP contribution in [0.4, 0.5) is 5.69 Å². The first-order valence-corrected chi connectivity index (χ1v) is 13.8. The van der Waals surface area contributed by atoms with Crippen LogP contribution in [0.25, 0.3) is 5.69 Å². The molecule has 6 rings (SSSR count). The normalized spacial score (nSPS) is 15.3. The molecule has 1 atom stereocenters. The predicted octanol–water partition coefficient (Wildman–Crippen LogP) is 5.25. The number of fused-ring (bicyclic) bond motifs is 3. The summed E-state index contributed by atoms with van der Waals surface area (Å²) >= 11 is 0. The van der Waals surface area contributed by atoms with Crippen LogP contribution in [0.2, 0.25) is 0 Å². The summed E-state index contributed by atoms with van der Waals surface area (Å²) < 4.78 is 24.3. The zero-order valence-corrected chi connectivity index (χ0v) is 24.1. The van der Waals surface area contributed by atoms with Crippen LogP contribution in [0.5, 0.6) is 23.0 Å². The number of hydrogen-bond acceptors (Lipinski definition) is 6. The topological polar surface area (TPSA) is 82.5 Å². The van der Waals surface area contributed by atoms with Crippen LogP contribution in [0, 0.1) is 0 Å². The third-order valence-corrected chi connectivity index (χ3v) is 7.91. The van der Waals surface area contributed by atoms with Gasteiger partial charge in [-0.05, 0) is 67.4 Å². The van der Waals surface area contributed by atoms with Crippen molar-refractivity contribution >= 4 is 17.5 Å². The number of aromatic nitrogens is 1. The molecule has 0 radical (unpaired) electrons. The minimum Gasteiger partial charge on any atom is -0.497 e. The monoisotopic (exact) mass is 567 g/mol. The van der Waals surface area contributed by atoms with Gasteiger partial charge in [0, 0.05) is 23.9 Å². The predicted molar refractivity (Wildman–Crippen MR) is 158 cm³/mol. The van der Waals surface area contributed by atoms with Crippen molar-refractivity contribution in [1.82, 2.24) is 9.47 Å². The molecule has 1 aliphatic carbocycles. The number of ether oxygens (including phenoxy) is 4. The van der Waals surface area contributed by atoms with Gasteiger partial charge in [0.15, 0.2) is 0 Å². The molecule has 2 aliphatic rings. The minimum atomic E-state index is -0.529. The second-order valence-corrected chi connectivity index (χ2v) is 10.3. The highest BCUT2D eigenvalue weighted by Crippen LogP contribution is 2.46. The Morgan fingerprint density at radius 1 is 0.786 bits per heavy atom. The Morgan fingerprint density at radius 3 is 2.17 bits per heavy atom. The first-order valence-electron chi connectivity index (χ1n) is 13.8. The third kappa shape index (κ3) is 4.70. The number of amides is 2. The van der Waals surface area contributed by atoms with E-state index < -0.39 is 6.04 Å². The molecule has 9 nitrogen and oxygen atoms in total. The van der Waals surface area contributed by atoms with Crippen molar-refractivity contribution < 1.29 is 28.5 Å². The average Bonchev–Trinajstić information content (AvgIpc) is 3.76. The highest BCUT2D eigenvalue weighted by atomic mass is 16.5. The fraction of sp³-hybridized carbons (Fsp3) is 0.273. The van der Waals surface area contributed by atoms with E-state index in [0.717, 1.165) is 35.5 Å². The zero-order valence-electron chi connectivity index (χ0n) is 24.1. The lowest BCUT2D eigenvalue weighted by molar-refractivity contribution is -0.119. The summed E-state index contributed by atoms with van der Waals surface area (Å²) in [5.41, 5.74) is 3.68. The van der Waals surface area contributed by atoms with Crippen LogP contribution in [0.1, 0.15) is 40.5 Å². The summed E-state index contributed by atoms with van der Waals surface area (Å²) in [7, 11) is 6.30. The number of hydrogen-bond donors (Lipinski definition) is 0. The number of anilines is 1. The van der Waals surface area contributed by atoms with E-state index in [1.807, 2.05) is 60.8 Å². The maximum atomic E-state index is 14.6. The Morgan fingerprint density at radius 2 is 1.48 bits per heavy atom. The highest BCUT2D eigenvalue weighted by molar-refractivity contribution is 6.04. The van der Waals surface area contributed by atoms with Gasteiger partial charge in [-0.2, -0.15) is 0 Å². The van der Waals surface area contributed by atoms with Gasteiger partial charge >= 0.3 is 0 Å². The standard InChI is InChI=1S/C33H33N3O6/c1-39-22-14-16-29(41-3)25(18-22)32-28-10-7-17-34(28)26-8-5-6-9-27(26)36(32)31(37)20-35(21-11-12-21)33(38)24-15-13-23(40-2)19-30(24)42-4/h5-10,13-19,21,32H,11-12,20H2,1-4H3. The van der Waals surface area contributed by atoms with Gasteiger partial charge in [0.2, 0.25) is 5.91 Å². The van der Waals surface area contributed by atoms with Gasteiger partial charge in [-0.15, -0.1) is 0 Å². The molecule has 0 spiro atoms. The Labute approximate surface area is 244 Å². The van der Waals surface area contributed by atoms with Gasteiger partial charge in [-0.25, -0.2) is 0 Å². The molecular weight excluding hydrogens is 534 g/mol. The first-order chi connectivity index (χ1) is 20.5. The van der Waals surface area contributed by atoms with Crippen molar-refractivity contribution in [1.29, 1.82) is 0 Å². The molecule has 216 valence electrons. The highest BCUT2D eigenvalue weighted by Gasteiger charge is 2.41. The van der Waals surface area contributed by atoms with E-state index in [1.54, 1.807) is 49.3 Å². The Balaban J connectivity index is 1.44. The van der Waals surface area contributed by atoms with Crippen molar-refractivity contribution in [2.24, 2.45) is 0 Å². The van der Waals surface area contributed by atoms with E-state index in [-0.39, 0.29) is 24.4 Å². The maximum Gasteiger partial charge on any atom is 0.258 e. The number of rotatable bonds is 9. The summed E-state index contributed by atoms with van der Waals surface area (Å²) in [6, 6.07) is 21.9. The lowest BCUT2D eigenvalue weighted by Crippen LogP contribution is -2.47. The minimum absolute atomic E-state index is 0.0260. The summed E-state index contributed by atoms with van der Waals surface area (Å²) in [5, 5.41) is 0. The van der Waals surface area contributed by atoms with Crippen LogP contribution in [-0.2, 0) is 4.79 Å². The molecule has 0 saturated heterocycles. The number of carbonyl (C=O) groups excluding carboxylic acids is 2. The number of benzene rings is 3. The smallest absolute Gasteiger partial charge is 0.258 e. The third-order valence-electron chi connectivity index (χ3n) is 7.91. The van der Waals surface area contributed by atoms with Gasteiger partial charge in [-0.1, -0.05) is 12.1 Å². The SMILES string of the molecule is COc1ccc(C(=O)N(CC(=O)N2c3ccccc3-n3cccc3C2c2cc(OC)ccc2OC)C2CC2)c(OC)c1. The van der Waals surface area contributed by atoms with Gasteiger partial charge in [0.05, 0.1) is 51.1 Å². The maximum absolute atomic E-state index is 14.6. The number of carbonyl (C=O) groups is 2. The van der Waals surface area contributed by atoms with E-state index in [2.05, 4.69) is 4.57 Å². The van der Waals surface area contributed by atoms with Crippen LogP contribution >= 0.6 is 0 Å². The van der Waals surface area contributed by atoms with Crippen molar-refractivity contribution in [3.63, 3.8) is 0 Å². The Hall–Kier alpha value is -4.92. The molecule has 1 fully saturated rings. The molecule has 1 aromatic heterocycles. The molecule has 3 aromatic carbocycles. The lowest BCUT2D eigenvalue weighted by Gasteiger charge is -2.40. The fourth-order valence-electron chi connectivity index (χ4n) is 5.71. The molecule has 0 bridgehead atoms. The summed E-state index contributed by atoms with van der Waals surface area (Å²) in [6.07, 6.45) is 3.67. The summed E-state index contributed by atoms with van der Waals surface area (Å²) in [5.74, 6) is 1.80. The second kappa shape index (κ2) is 11.2. The molecule has 1 unspecified atom stereocenters. The van der Waals surface area contributed by atoms with Crippen LogP contribution in [-0.4, -0.2) is 62.3 Å². The number of para-hydroxylation sites is 2. The second-order valence-electron chi connectivity index (χ2n) is 10.3. The molecule has 2 amide bonds. The molecule has 2 heterocycles.